The van der Waals surface area contributed by atoms with Crippen LogP contribution in [-0.4, -0.2) is 28.5 Å². The quantitative estimate of drug-likeness (QED) is 0.709. The molecule has 138 valence electrons. The minimum Gasteiger partial charge on any atom is -0.341 e. The maximum absolute atomic E-state index is 13.1. The Morgan fingerprint density at radius 1 is 1.00 bits per heavy atom. The van der Waals surface area contributed by atoms with Crippen molar-refractivity contribution in [2.75, 3.05) is 13.1 Å². The summed E-state index contributed by atoms with van der Waals surface area (Å²) in [6.45, 7) is 3.94. The molecule has 0 radical (unpaired) electrons. The Balaban J connectivity index is 1.82. The second kappa shape index (κ2) is 7.39. The number of likely N-dealkylation sites (tertiary alicyclic amines) is 1. The van der Waals surface area contributed by atoms with Gasteiger partial charge in [-0.15, -0.1) is 0 Å². The second-order valence-corrected chi connectivity index (χ2v) is 7.33. The van der Waals surface area contributed by atoms with Crippen LogP contribution >= 0.6 is 0 Å². The minimum absolute atomic E-state index is 0.0119. The highest BCUT2D eigenvalue weighted by atomic mass is 16.2. The number of rotatable bonds is 3. The monoisotopic (exact) mass is 360 g/mol. The van der Waals surface area contributed by atoms with Gasteiger partial charge in [-0.1, -0.05) is 36.4 Å². The van der Waals surface area contributed by atoms with Crippen molar-refractivity contribution in [1.82, 2.24) is 9.47 Å². The first-order valence-electron chi connectivity index (χ1n) is 9.60. The van der Waals surface area contributed by atoms with Gasteiger partial charge in [-0.05, 0) is 49.4 Å². The number of hydrogen-bond acceptors (Lipinski definition) is 2. The van der Waals surface area contributed by atoms with Crippen molar-refractivity contribution in [2.45, 2.75) is 32.7 Å². The average molecular weight is 360 g/mol. The molecule has 4 heteroatoms. The first-order chi connectivity index (χ1) is 13.1. The summed E-state index contributed by atoms with van der Waals surface area (Å²) in [5.74, 6) is 0.125. The first-order valence-corrected chi connectivity index (χ1v) is 9.60. The Hall–Kier alpha value is -2.88. The summed E-state index contributed by atoms with van der Waals surface area (Å²) in [7, 11) is 0. The zero-order valence-corrected chi connectivity index (χ0v) is 15.6. The van der Waals surface area contributed by atoms with Crippen LogP contribution < -0.4 is 5.43 Å². The van der Waals surface area contributed by atoms with Crippen molar-refractivity contribution >= 4 is 16.8 Å². The summed E-state index contributed by atoms with van der Waals surface area (Å²) < 4.78 is 1.95. The molecule has 27 heavy (non-hydrogen) atoms. The molecule has 0 saturated carbocycles. The highest BCUT2D eigenvalue weighted by Gasteiger charge is 2.18. The van der Waals surface area contributed by atoms with Gasteiger partial charge in [0.2, 0.25) is 5.91 Å². The van der Waals surface area contributed by atoms with Gasteiger partial charge in [0.25, 0.3) is 0 Å². The van der Waals surface area contributed by atoms with Crippen LogP contribution in [0.15, 0.2) is 59.5 Å². The number of aromatic nitrogens is 1. The maximum atomic E-state index is 13.1. The topological polar surface area (TPSA) is 42.3 Å². The molecule has 4 rings (SSSR count). The van der Waals surface area contributed by atoms with Crippen LogP contribution in [0.5, 0.6) is 0 Å². The summed E-state index contributed by atoms with van der Waals surface area (Å²) in [4.78, 5) is 27.9. The van der Waals surface area contributed by atoms with E-state index >= 15 is 0 Å². The van der Waals surface area contributed by atoms with Crippen molar-refractivity contribution in [3.63, 3.8) is 0 Å². The van der Waals surface area contributed by atoms with E-state index in [2.05, 4.69) is 0 Å². The van der Waals surface area contributed by atoms with E-state index in [1.165, 1.54) is 6.42 Å². The SMILES string of the molecule is Cc1ccc2c(=O)c(-c3ccccc3)cn(CC(=O)N3CCCCC3)c2c1. The molecule has 2 aromatic carbocycles. The van der Waals surface area contributed by atoms with E-state index in [1.54, 1.807) is 0 Å². The van der Waals surface area contributed by atoms with Crippen molar-refractivity contribution in [3.8, 4) is 11.1 Å². The standard InChI is InChI=1S/C23H24N2O2/c1-17-10-11-19-21(14-17)25(16-22(26)24-12-6-3-7-13-24)15-20(23(19)27)18-8-4-2-5-9-18/h2,4-5,8-11,14-15H,3,6-7,12-13,16H2,1H3. The molecule has 0 unspecified atom stereocenters. The number of carbonyl (C=O) groups excluding carboxylic acids is 1. The lowest BCUT2D eigenvalue weighted by molar-refractivity contribution is -0.132. The fourth-order valence-corrected chi connectivity index (χ4v) is 3.84. The lowest BCUT2D eigenvalue weighted by atomic mass is 10.0. The molecule has 4 nitrogen and oxygen atoms in total. The van der Waals surface area contributed by atoms with Crippen LogP contribution in [0, 0.1) is 6.92 Å². The molecule has 0 spiro atoms. The zero-order valence-electron chi connectivity index (χ0n) is 15.6. The summed E-state index contributed by atoms with van der Waals surface area (Å²) >= 11 is 0. The third-order valence-electron chi connectivity index (χ3n) is 5.34. The van der Waals surface area contributed by atoms with Crippen LogP contribution in [0.2, 0.25) is 0 Å². The molecular formula is C23H24N2O2. The number of pyridine rings is 1. The Bertz CT molecular complexity index is 1030. The number of piperidine rings is 1. The van der Waals surface area contributed by atoms with Gasteiger partial charge in [-0.3, -0.25) is 9.59 Å². The van der Waals surface area contributed by atoms with Gasteiger partial charge in [-0.25, -0.2) is 0 Å². The lowest BCUT2D eigenvalue weighted by Gasteiger charge is -2.27. The minimum atomic E-state index is 0.0119. The highest BCUT2D eigenvalue weighted by Crippen LogP contribution is 2.21. The Morgan fingerprint density at radius 3 is 2.48 bits per heavy atom. The van der Waals surface area contributed by atoms with Crippen LogP contribution in [0.3, 0.4) is 0 Å². The number of amides is 1. The van der Waals surface area contributed by atoms with Crippen molar-refractivity contribution in [3.05, 3.63) is 70.5 Å². The highest BCUT2D eigenvalue weighted by molar-refractivity contribution is 5.86. The smallest absolute Gasteiger partial charge is 0.242 e. The average Bonchev–Trinajstić information content (AvgIpc) is 2.71. The fraction of sp³-hybridized carbons (Fsp3) is 0.304. The number of hydrogen-bond donors (Lipinski definition) is 0. The van der Waals surface area contributed by atoms with E-state index in [4.69, 9.17) is 0 Å². The van der Waals surface area contributed by atoms with Crippen molar-refractivity contribution in [1.29, 1.82) is 0 Å². The van der Waals surface area contributed by atoms with Crippen molar-refractivity contribution < 1.29 is 4.79 Å². The predicted octanol–water partition coefficient (Wildman–Crippen LogP) is 3.99. The van der Waals surface area contributed by atoms with E-state index in [1.807, 2.05) is 71.1 Å². The third-order valence-corrected chi connectivity index (χ3v) is 5.34. The second-order valence-electron chi connectivity index (χ2n) is 7.33. The molecule has 0 atom stereocenters. The van der Waals surface area contributed by atoms with Crippen LogP contribution in [0.1, 0.15) is 24.8 Å². The normalized spacial score (nSPS) is 14.5. The Labute approximate surface area is 159 Å². The van der Waals surface area contributed by atoms with E-state index in [0.29, 0.717) is 10.9 Å². The molecule has 1 aliphatic heterocycles. The lowest BCUT2D eigenvalue weighted by Crippen LogP contribution is -2.38. The molecule has 0 bridgehead atoms. The maximum Gasteiger partial charge on any atom is 0.242 e. The number of aryl methyl sites for hydroxylation is 1. The molecule has 3 aromatic rings. The van der Waals surface area contributed by atoms with Crippen molar-refractivity contribution in [2.24, 2.45) is 0 Å². The van der Waals surface area contributed by atoms with Gasteiger partial charge >= 0.3 is 0 Å². The number of benzene rings is 2. The zero-order chi connectivity index (χ0) is 18.8. The molecule has 1 aliphatic rings. The van der Waals surface area contributed by atoms with E-state index in [0.717, 1.165) is 42.6 Å². The molecule has 1 saturated heterocycles. The largest absolute Gasteiger partial charge is 0.341 e. The first kappa shape index (κ1) is 17.5. The summed E-state index contributed by atoms with van der Waals surface area (Å²) in [6, 6.07) is 15.5. The van der Waals surface area contributed by atoms with E-state index in [-0.39, 0.29) is 17.9 Å². The summed E-state index contributed by atoms with van der Waals surface area (Å²) in [5, 5.41) is 0.661. The van der Waals surface area contributed by atoms with E-state index < -0.39 is 0 Å². The Kier molecular flexibility index (Phi) is 4.80. The number of carbonyl (C=O) groups is 1. The van der Waals surface area contributed by atoms with Gasteiger partial charge in [0.15, 0.2) is 5.43 Å². The van der Waals surface area contributed by atoms with Gasteiger partial charge in [-0.2, -0.15) is 0 Å². The Morgan fingerprint density at radius 2 is 1.74 bits per heavy atom. The van der Waals surface area contributed by atoms with E-state index in [9.17, 15) is 9.59 Å². The molecule has 0 aliphatic carbocycles. The number of nitrogens with zero attached hydrogens (tertiary/aromatic N) is 2. The van der Waals surface area contributed by atoms with Gasteiger partial charge in [0.05, 0.1) is 5.52 Å². The van der Waals surface area contributed by atoms with Gasteiger partial charge < -0.3 is 9.47 Å². The summed E-state index contributed by atoms with van der Waals surface area (Å²) in [6.07, 6.45) is 5.19. The molecule has 2 heterocycles. The van der Waals surface area contributed by atoms with Crippen LogP contribution in [0.4, 0.5) is 0 Å². The fourth-order valence-electron chi connectivity index (χ4n) is 3.84. The number of fused-ring (bicyclic) bond motifs is 1. The van der Waals surface area contributed by atoms with Crippen LogP contribution in [0.25, 0.3) is 22.0 Å². The molecular weight excluding hydrogens is 336 g/mol. The molecule has 1 amide bonds. The van der Waals surface area contributed by atoms with Gasteiger partial charge in [0.1, 0.15) is 6.54 Å². The van der Waals surface area contributed by atoms with Gasteiger partial charge in [0, 0.05) is 30.2 Å². The molecule has 1 fully saturated rings. The molecule has 0 N–H and O–H groups in total. The predicted molar refractivity (Wildman–Crippen MR) is 109 cm³/mol. The molecule has 1 aromatic heterocycles. The van der Waals surface area contributed by atoms with Crippen LogP contribution in [-0.2, 0) is 11.3 Å². The summed E-state index contributed by atoms with van der Waals surface area (Å²) in [5.41, 5.74) is 3.43. The third kappa shape index (κ3) is 3.52.